The minimum atomic E-state index is -1.15. The number of carboxylic acid groups (broad SMARTS) is 1. The van der Waals surface area contributed by atoms with Gasteiger partial charge in [-0.2, -0.15) is 10.4 Å². The predicted molar refractivity (Wildman–Crippen MR) is 149 cm³/mol. The Morgan fingerprint density at radius 2 is 2.05 bits per heavy atom. The number of imidazole rings is 1. The molecule has 10 heteroatoms. The summed E-state index contributed by atoms with van der Waals surface area (Å²) in [6.07, 6.45) is 4.78. The molecule has 0 fully saturated rings. The average Bonchev–Trinajstić information content (AvgIpc) is 3.48. The van der Waals surface area contributed by atoms with E-state index in [1.165, 1.54) is 0 Å². The van der Waals surface area contributed by atoms with Gasteiger partial charge >= 0.3 is 6.09 Å². The van der Waals surface area contributed by atoms with Crippen LogP contribution in [0, 0.1) is 18.3 Å². The molecule has 1 amide bonds. The standard InChI is InChI=1S/C28H34N6O3Si/c1-20-12-23(14-24-18-34(32-26(20)24)19-37-10-11-38(2,3)4)15-25(31-28(35)36)27-30-8-9-33(27)17-22-7-5-6-21(13-22)16-29/h5-9,12-14,18,25,31H,10-11,15,17,19H2,1-4H3,(H,35,36). The van der Waals surface area contributed by atoms with Crippen molar-refractivity contribution in [2.24, 2.45) is 0 Å². The van der Waals surface area contributed by atoms with Crippen molar-refractivity contribution in [2.75, 3.05) is 6.61 Å². The molecule has 2 heterocycles. The average molecular weight is 531 g/mol. The van der Waals surface area contributed by atoms with Gasteiger partial charge < -0.3 is 19.7 Å². The van der Waals surface area contributed by atoms with Crippen LogP contribution in [-0.4, -0.2) is 45.2 Å². The van der Waals surface area contributed by atoms with Crippen molar-refractivity contribution >= 4 is 25.1 Å². The van der Waals surface area contributed by atoms with Crippen LogP contribution in [0.15, 0.2) is 55.0 Å². The van der Waals surface area contributed by atoms with E-state index in [9.17, 15) is 15.2 Å². The fourth-order valence-corrected chi connectivity index (χ4v) is 5.21. The minimum absolute atomic E-state index is 0.404. The van der Waals surface area contributed by atoms with Crippen molar-refractivity contribution in [3.05, 3.63) is 83.1 Å². The summed E-state index contributed by atoms with van der Waals surface area (Å²) in [5, 5.41) is 27.1. The molecule has 0 saturated carbocycles. The molecule has 0 aliphatic carbocycles. The molecule has 2 aromatic carbocycles. The predicted octanol–water partition coefficient (Wildman–Crippen LogP) is 5.32. The zero-order valence-corrected chi connectivity index (χ0v) is 23.3. The van der Waals surface area contributed by atoms with Crippen LogP contribution in [0.2, 0.25) is 25.7 Å². The second-order valence-corrected chi connectivity index (χ2v) is 16.4. The maximum Gasteiger partial charge on any atom is 0.405 e. The molecular formula is C28H34N6O3Si. The first-order valence-electron chi connectivity index (χ1n) is 12.7. The van der Waals surface area contributed by atoms with Gasteiger partial charge in [0, 0.05) is 51.6 Å². The van der Waals surface area contributed by atoms with Gasteiger partial charge in [-0.1, -0.05) is 37.8 Å². The SMILES string of the molecule is Cc1cc(CC(NC(=O)O)c2nccn2Cc2cccc(C#N)c2)cc2cn(COCC[Si](C)(C)C)nc12. The van der Waals surface area contributed by atoms with Gasteiger partial charge in [0.1, 0.15) is 12.6 Å². The third-order valence-electron chi connectivity index (χ3n) is 6.33. The number of hydrogen-bond acceptors (Lipinski definition) is 5. The molecule has 9 nitrogen and oxygen atoms in total. The second-order valence-electron chi connectivity index (χ2n) is 10.8. The maximum atomic E-state index is 11.7. The Hall–Kier alpha value is -3.94. The number of benzene rings is 2. The Kier molecular flexibility index (Phi) is 8.29. The summed E-state index contributed by atoms with van der Waals surface area (Å²) < 4.78 is 9.60. The van der Waals surface area contributed by atoms with Crippen LogP contribution in [0.3, 0.4) is 0 Å². The Labute approximate surface area is 223 Å². The molecule has 0 aliphatic heterocycles. The molecule has 4 aromatic rings. The number of aromatic nitrogens is 4. The molecule has 1 unspecified atom stereocenters. The van der Waals surface area contributed by atoms with E-state index in [1.807, 2.05) is 58.9 Å². The monoisotopic (exact) mass is 530 g/mol. The molecule has 0 bridgehead atoms. The Bertz CT molecular complexity index is 1460. The fraction of sp³-hybridized carbons (Fsp3) is 0.357. The van der Waals surface area contributed by atoms with Crippen LogP contribution in [0.25, 0.3) is 10.9 Å². The van der Waals surface area contributed by atoms with Crippen LogP contribution >= 0.6 is 0 Å². The van der Waals surface area contributed by atoms with Crippen LogP contribution in [-0.2, 0) is 24.4 Å². The van der Waals surface area contributed by atoms with Crippen molar-refractivity contribution in [1.29, 1.82) is 5.26 Å². The van der Waals surface area contributed by atoms with Gasteiger partial charge in [-0.3, -0.25) is 0 Å². The van der Waals surface area contributed by atoms with E-state index in [1.54, 1.807) is 12.3 Å². The number of rotatable bonds is 11. The quantitative estimate of drug-likeness (QED) is 0.200. The summed E-state index contributed by atoms with van der Waals surface area (Å²) in [7, 11) is -1.15. The normalized spacial score (nSPS) is 12.4. The van der Waals surface area contributed by atoms with Gasteiger partial charge in [0.15, 0.2) is 0 Å². The lowest BCUT2D eigenvalue weighted by molar-refractivity contribution is 0.0791. The number of nitrogens with one attached hydrogen (secondary N) is 1. The van der Waals surface area contributed by atoms with E-state index in [0.29, 0.717) is 31.1 Å². The lowest BCUT2D eigenvalue weighted by Crippen LogP contribution is -2.30. The first-order chi connectivity index (χ1) is 18.1. The summed E-state index contributed by atoms with van der Waals surface area (Å²) in [5.41, 5.74) is 4.42. The highest BCUT2D eigenvalue weighted by Gasteiger charge is 2.21. The summed E-state index contributed by atoms with van der Waals surface area (Å²) in [4.78, 5) is 16.2. The lowest BCUT2D eigenvalue weighted by atomic mass is 10.0. The molecule has 38 heavy (non-hydrogen) atoms. The van der Waals surface area contributed by atoms with Gasteiger partial charge in [-0.15, -0.1) is 0 Å². The van der Waals surface area contributed by atoms with Crippen LogP contribution in [0.1, 0.15) is 34.1 Å². The topological polar surface area (TPSA) is 118 Å². The van der Waals surface area contributed by atoms with Crippen LogP contribution < -0.4 is 5.32 Å². The van der Waals surface area contributed by atoms with E-state index in [-0.39, 0.29) is 0 Å². The molecule has 0 saturated heterocycles. The number of ether oxygens (including phenoxy) is 1. The molecule has 1 atom stereocenters. The maximum absolute atomic E-state index is 11.7. The highest BCUT2D eigenvalue weighted by atomic mass is 28.3. The molecule has 0 aliphatic rings. The smallest absolute Gasteiger partial charge is 0.405 e. The number of carbonyl (C=O) groups is 1. The first kappa shape index (κ1) is 27.1. The molecular weight excluding hydrogens is 496 g/mol. The van der Waals surface area contributed by atoms with Gasteiger partial charge in [0.05, 0.1) is 23.2 Å². The van der Waals surface area contributed by atoms with Gasteiger partial charge in [0.2, 0.25) is 0 Å². The second kappa shape index (κ2) is 11.6. The van der Waals surface area contributed by atoms with Crippen molar-refractivity contribution in [3.8, 4) is 6.07 Å². The summed E-state index contributed by atoms with van der Waals surface area (Å²) in [5.74, 6) is 0.610. The zero-order valence-electron chi connectivity index (χ0n) is 22.3. The number of hydrogen-bond donors (Lipinski definition) is 2. The Balaban J connectivity index is 1.54. The van der Waals surface area contributed by atoms with Crippen molar-refractivity contribution in [3.63, 3.8) is 0 Å². The molecule has 0 spiro atoms. The molecule has 2 N–H and O–H groups in total. The lowest BCUT2D eigenvalue weighted by Gasteiger charge is -2.19. The first-order valence-corrected chi connectivity index (χ1v) is 16.4. The minimum Gasteiger partial charge on any atom is -0.465 e. The van der Waals surface area contributed by atoms with Crippen molar-refractivity contribution in [2.45, 2.75) is 58.3 Å². The third-order valence-corrected chi connectivity index (χ3v) is 8.04. The number of nitriles is 1. The van der Waals surface area contributed by atoms with Gasteiger partial charge in [-0.05, 0) is 47.9 Å². The fourth-order valence-electron chi connectivity index (χ4n) is 4.45. The molecule has 4 rings (SSSR count). The zero-order chi connectivity index (χ0) is 27.3. The van der Waals surface area contributed by atoms with E-state index in [4.69, 9.17) is 9.84 Å². The summed E-state index contributed by atoms with van der Waals surface area (Å²) in [6.45, 7) is 10.6. The number of fused-ring (bicyclic) bond motifs is 1. The van der Waals surface area contributed by atoms with Gasteiger partial charge in [0.25, 0.3) is 0 Å². The van der Waals surface area contributed by atoms with Gasteiger partial charge in [-0.25, -0.2) is 14.5 Å². The van der Waals surface area contributed by atoms with E-state index in [2.05, 4.69) is 36.0 Å². The number of nitrogens with zero attached hydrogens (tertiary/aromatic N) is 5. The van der Waals surface area contributed by atoms with Crippen molar-refractivity contribution in [1.82, 2.24) is 24.6 Å². The molecule has 2 aromatic heterocycles. The largest absolute Gasteiger partial charge is 0.465 e. The molecule has 0 radical (unpaired) electrons. The Morgan fingerprint density at radius 3 is 2.79 bits per heavy atom. The van der Waals surface area contributed by atoms with E-state index < -0.39 is 20.2 Å². The highest BCUT2D eigenvalue weighted by molar-refractivity contribution is 6.76. The van der Waals surface area contributed by atoms with Crippen LogP contribution in [0.5, 0.6) is 0 Å². The number of amides is 1. The summed E-state index contributed by atoms with van der Waals surface area (Å²) >= 11 is 0. The Morgan fingerprint density at radius 1 is 1.24 bits per heavy atom. The van der Waals surface area contributed by atoms with Crippen molar-refractivity contribution < 1.29 is 14.6 Å². The third kappa shape index (κ3) is 7.09. The van der Waals surface area contributed by atoms with E-state index >= 15 is 0 Å². The number of aryl methyl sites for hydroxylation is 1. The van der Waals surface area contributed by atoms with E-state index in [0.717, 1.165) is 40.2 Å². The molecule has 198 valence electrons. The highest BCUT2D eigenvalue weighted by Crippen LogP contribution is 2.24. The summed E-state index contributed by atoms with van der Waals surface area (Å²) in [6, 6.07) is 14.2. The van der Waals surface area contributed by atoms with Crippen LogP contribution in [0.4, 0.5) is 4.79 Å².